The van der Waals surface area contributed by atoms with E-state index < -0.39 is 5.38 Å². The average molecular weight is 313 g/mol. The number of rotatable bonds is 9. The van der Waals surface area contributed by atoms with Crippen LogP contribution in [0, 0.1) is 0 Å². The minimum absolute atomic E-state index is 0.127. The van der Waals surface area contributed by atoms with Gasteiger partial charge in [0.1, 0.15) is 11.1 Å². The summed E-state index contributed by atoms with van der Waals surface area (Å²) in [6, 6.07) is 7.99. The second-order valence-electron chi connectivity index (χ2n) is 5.31. The first-order chi connectivity index (χ1) is 9.99. The molecule has 0 aliphatic heterocycles. The van der Waals surface area contributed by atoms with E-state index in [0.29, 0.717) is 6.54 Å². The largest absolute Gasteiger partial charge is 0.494 e. The van der Waals surface area contributed by atoms with Crippen LogP contribution in [0.25, 0.3) is 0 Å². The number of hydrogen-bond donors (Lipinski definition) is 1. The van der Waals surface area contributed by atoms with Gasteiger partial charge in [0, 0.05) is 13.1 Å². The summed E-state index contributed by atoms with van der Waals surface area (Å²) in [5.41, 5.74) is 1.16. The van der Waals surface area contributed by atoms with E-state index in [4.69, 9.17) is 16.3 Å². The van der Waals surface area contributed by atoms with Gasteiger partial charge in [-0.15, -0.1) is 11.6 Å². The molecule has 0 spiro atoms. The highest BCUT2D eigenvalue weighted by Gasteiger charge is 2.07. The SMILES string of the molecule is CC(Cl)C(=O)NCCc1ccc(OCCCN(C)C)cc1. The van der Waals surface area contributed by atoms with Crippen LogP contribution < -0.4 is 10.1 Å². The predicted octanol–water partition coefficient (Wildman–Crippen LogP) is 2.30. The highest BCUT2D eigenvalue weighted by atomic mass is 35.5. The van der Waals surface area contributed by atoms with Gasteiger partial charge in [-0.25, -0.2) is 0 Å². The Bertz CT molecular complexity index is 419. The topological polar surface area (TPSA) is 41.6 Å². The van der Waals surface area contributed by atoms with Crippen LogP contribution >= 0.6 is 11.6 Å². The van der Waals surface area contributed by atoms with E-state index in [2.05, 4.69) is 24.3 Å². The summed E-state index contributed by atoms with van der Waals surface area (Å²) in [6.45, 7) is 4.01. The Balaban J connectivity index is 2.25. The first kappa shape index (κ1) is 17.8. The molecule has 0 bridgehead atoms. The van der Waals surface area contributed by atoms with Crippen molar-refractivity contribution in [3.05, 3.63) is 29.8 Å². The lowest BCUT2D eigenvalue weighted by Gasteiger charge is -2.11. The first-order valence-corrected chi connectivity index (χ1v) is 7.71. The molecule has 0 aliphatic rings. The van der Waals surface area contributed by atoms with Crippen molar-refractivity contribution in [2.45, 2.75) is 25.1 Å². The molecule has 0 saturated carbocycles. The smallest absolute Gasteiger partial charge is 0.237 e. The Morgan fingerprint density at radius 2 is 2.00 bits per heavy atom. The van der Waals surface area contributed by atoms with Crippen molar-refractivity contribution < 1.29 is 9.53 Å². The number of benzene rings is 1. The third-order valence-corrected chi connectivity index (χ3v) is 3.21. The van der Waals surface area contributed by atoms with Gasteiger partial charge in [0.05, 0.1) is 6.61 Å². The Labute approximate surface area is 132 Å². The van der Waals surface area contributed by atoms with Crippen LogP contribution in [0.5, 0.6) is 5.75 Å². The van der Waals surface area contributed by atoms with E-state index >= 15 is 0 Å². The quantitative estimate of drug-likeness (QED) is 0.562. The van der Waals surface area contributed by atoms with Gasteiger partial charge in [-0.3, -0.25) is 4.79 Å². The van der Waals surface area contributed by atoms with E-state index in [1.54, 1.807) is 6.92 Å². The van der Waals surface area contributed by atoms with Gasteiger partial charge < -0.3 is 15.0 Å². The molecule has 1 aromatic rings. The fourth-order valence-corrected chi connectivity index (χ4v) is 1.87. The lowest BCUT2D eigenvalue weighted by atomic mass is 10.1. The molecule has 1 rings (SSSR count). The van der Waals surface area contributed by atoms with Gasteiger partial charge in [0.25, 0.3) is 0 Å². The van der Waals surface area contributed by atoms with Crippen molar-refractivity contribution in [2.24, 2.45) is 0 Å². The van der Waals surface area contributed by atoms with Gasteiger partial charge >= 0.3 is 0 Å². The monoisotopic (exact) mass is 312 g/mol. The fraction of sp³-hybridized carbons (Fsp3) is 0.562. The zero-order valence-electron chi connectivity index (χ0n) is 13.1. The molecule has 1 atom stereocenters. The van der Waals surface area contributed by atoms with Crippen LogP contribution in [0.15, 0.2) is 24.3 Å². The highest BCUT2D eigenvalue weighted by molar-refractivity contribution is 6.30. The third-order valence-electron chi connectivity index (χ3n) is 3.02. The summed E-state index contributed by atoms with van der Waals surface area (Å²) >= 11 is 5.68. The molecule has 4 nitrogen and oxygen atoms in total. The molecule has 1 amide bonds. The molecule has 1 aromatic carbocycles. The van der Waals surface area contributed by atoms with Crippen LogP contribution in [0.4, 0.5) is 0 Å². The summed E-state index contributed by atoms with van der Waals surface area (Å²) in [7, 11) is 4.11. The molecule has 1 unspecified atom stereocenters. The minimum Gasteiger partial charge on any atom is -0.494 e. The summed E-state index contributed by atoms with van der Waals surface area (Å²) in [5.74, 6) is 0.758. The van der Waals surface area contributed by atoms with E-state index in [0.717, 1.165) is 37.3 Å². The number of carbonyl (C=O) groups is 1. The zero-order chi connectivity index (χ0) is 15.7. The summed E-state index contributed by atoms with van der Waals surface area (Å²) in [6.07, 6.45) is 1.80. The molecule has 0 aromatic heterocycles. The molecule has 1 N–H and O–H groups in total. The number of nitrogens with zero attached hydrogens (tertiary/aromatic N) is 1. The van der Waals surface area contributed by atoms with Gasteiger partial charge in [-0.2, -0.15) is 0 Å². The lowest BCUT2D eigenvalue weighted by Crippen LogP contribution is -2.31. The molecule has 5 heteroatoms. The van der Waals surface area contributed by atoms with Crippen LogP contribution in [0.1, 0.15) is 18.9 Å². The van der Waals surface area contributed by atoms with E-state index in [-0.39, 0.29) is 5.91 Å². The normalized spacial score (nSPS) is 12.2. The number of ether oxygens (including phenoxy) is 1. The predicted molar refractivity (Wildman–Crippen MR) is 87.1 cm³/mol. The second kappa shape index (κ2) is 9.64. The van der Waals surface area contributed by atoms with Crippen LogP contribution in [0.3, 0.4) is 0 Å². The number of alkyl halides is 1. The molecule has 0 radical (unpaired) electrons. The molecule has 0 heterocycles. The summed E-state index contributed by atoms with van der Waals surface area (Å²) < 4.78 is 5.67. The second-order valence-corrected chi connectivity index (χ2v) is 5.96. The number of carbonyl (C=O) groups excluding carboxylic acids is 1. The third kappa shape index (κ3) is 7.93. The lowest BCUT2D eigenvalue weighted by molar-refractivity contribution is -0.120. The molecule has 21 heavy (non-hydrogen) atoms. The Hall–Kier alpha value is -1.26. The van der Waals surface area contributed by atoms with Crippen molar-refractivity contribution in [3.8, 4) is 5.75 Å². The maximum absolute atomic E-state index is 11.3. The maximum Gasteiger partial charge on any atom is 0.237 e. The number of nitrogens with one attached hydrogen (secondary N) is 1. The summed E-state index contributed by atoms with van der Waals surface area (Å²) in [5, 5.41) is 2.31. The van der Waals surface area contributed by atoms with Crippen molar-refractivity contribution in [1.29, 1.82) is 0 Å². The molecule has 0 fully saturated rings. The molecule has 0 aliphatic carbocycles. The van der Waals surface area contributed by atoms with Gasteiger partial charge in [-0.1, -0.05) is 12.1 Å². The van der Waals surface area contributed by atoms with Gasteiger partial charge in [0.2, 0.25) is 5.91 Å². The zero-order valence-corrected chi connectivity index (χ0v) is 13.8. The van der Waals surface area contributed by atoms with Crippen molar-refractivity contribution in [1.82, 2.24) is 10.2 Å². The molecular formula is C16H25ClN2O2. The summed E-state index contributed by atoms with van der Waals surface area (Å²) in [4.78, 5) is 13.5. The molecule has 0 saturated heterocycles. The average Bonchev–Trinajstić information content (AvgIpc) is 2.44. The van der Waals surface area contributed by atoms with Crippen LogP contribution in [-0.2, 0) is 11.2 Å². The van der Waals surface area contributed by atoms with Crippen LogP contribution in [0.2, 0.25) is 0 Å². The van der Waals surface area contributed by atoms with E-state index in [9.17, 15) is 4.79 Å². The maximum atomic E-state index is 11.3. The Morgan fingerprint density at radius 1 is 1.33 bits per heavy atom. The number of amides is 1. The van der Waals surface area contributed by atoms with Crippen molar-refractivity contribution in [2.75, 3.05) is 33.8 Å². The van der Waals surface area contributed by atoms with Crippen molar-refractivity contribution >= 4 is 17.5 Å². The molecule has 118 valence electrons. The minimum atomic E-state index is -0.483. The van der Waals surface area contributed by atoms with Crippen molar-refractivity contribution in [3.63, 3.8) is 0 Å². The standard InChI is InChI=1S/C16H25ClN2O2/c1-13(17)16(20)18-10-9-14-5-7-15(8-6-14)21-12-4-11-19(2)3/h5-8,13H,4,9-12H2,1-3H3,(H,18,20). The number of halogens is 1. The van der Waals surface area contributed by atoms with Gasteiger partial charge in [-0.05, 0) is 51.6 Å². The fourth-order valence-electron chi connectivity index (χ4n) is 1.79. The van der Waals surface area contributed by atoms with E-state index in [1.807, 2.05) is 24.3 Å². The Kier molecular flexibility index (Phi) is 8.16. The first-order valence-electron chi connectivity index (χ1n) is 7.27. The molecular weight excluding hydrogens is 288 g/mol. The van der Waals surface area contributed by atoms with E-state index in [1.165, 1.54) is 0 Å². The number of hydrogen-bond acceptors (Lipinski definition) is 3. The highest BCUT2D eigenvalue weighted by Crippen LogP contribution is 2.12. The Morgan fingerprint density at radius 3 is 2.57 bits per heavy atom. The van der Waals surface area contributed by atoms with Crippen LogP contribution in [-0.4, -0.2) is 50.0 Å². The van der Waals surface area contributed by atoms with Gasteiger partial charge in [0.15, 0.2) is 0 Å².